The summed E-state index contributed by atoms with van der Waals surface area (Å²) in [7, 11) is 0. The van der Waals surface area contributed by atoms with E-state index < -0.39 is 12.6 Å². The third kappa shape index (κ3) is 7.51. The lowest BCUT2D eigenvalue weighted by Crippen LogP contribution is -2.03. The molecule has 3 rings (SSSR count). The molecule has 0 saturated carbocycles. The number of carboxylic acid groups (broad SMARTS) is 1. The van der Waals surface area contributed by atoms with E-state index in [1.807, 2.05) is 56.3 Å². The van der Waals surface area contributed by atoms with E-state index in [0.29, 0.717) is 30.3 Å². The van der Waals surface area contributed by atoms with Crippen LogP contribution < -0.4 is 9.47 Å². The van der Waals surface area contributed by atoms with Crippen molar-refractivity contribution in [2.24, 2.45) is 5.16 Å². The maximum absolute atomic E-state index is 10.6. The van der Waals surface area contributed by atoms with Crippen LogP contribution in [0.3, 0.4) is 0 Å². The van der Waals surface area contributed by atoms with Crippen LogP contribution in [0.5, 0.6) is 11.5 Å². The molecule has 0 aliphatic carbocycles. The Labute approximate surface area is 181 Å². The van der Waals surface area contributed by atoms with E-state index in [9.17, 15) is 4.79 Å². The molecule has 0 saturated heterocycles. The predicted molar refractivity (Wildman–Crippen MR) is 119 cm³/mol. The molecule has 0 aliphatic rings. The van der Waals surface area contributed by atoms with Crippen molar-refractivity contribution in [3.05, 3.63) is 94.5 Å². The molecule has 0 unspecified atom stereocenters. The van der Waals surface area contributed by atoms with Gasteiger partial charge < -0.3 is 19.4 Å². The van der Waals surface area contributed by atoms with Gasteiger partial charge in [0.05, 0.1) is 6.21 Å². The Hall–Kier alpha value is -3.80. The van der Waals surface area contributed by atoms with Gasteiger partial charge >= 0.3 is 5.97 Å². The van der Waals surface area contributed by atoms with Gasteiger partial charge in [0.25, 0.3) is 0 Å². The van der Waals surface area contributed by atoms with Gasteiger partial charge in [-0.15, -0.1) is 0 Å². The van der Waals surface area contributed by atoms with Crippen LogP contribution in [0, 0.1) is 13.8 Å². The molecule has 6 heteroatoms. The number of carbonyl (C=O) groups is 1. The molecule has 1 N–H and O–H groups in total. The molecule has 0 aliphatic heterocycles. The van der Waals surface area contributed by atoms with Crippen LogP contribution in [-0.4, -0.2) is 23.9 Å². The van der Waals surface area contributed by atoms with Crippen molar-refractivity contribution >= 4 is 12.2 Å². The minimum absolute atomic E-state index is 0.412. The second kappa shape index (κ2) is 10.8. The first kappa shape index (κ1) is 21.9. The summed E-state index contributed by atoms with van der Waals surface area (Å²) in [6, 6.07) is 21.6. The van der Waals surface area contributed by atoms with Crippen molar-refractivity contribution in [2.45, 2.75) is 27.1 Å². The fourth-order valence-electron chi connectivity index (χ4n) is 2.96. The quantitative estimate of drug-likeness (QED) is 0.374. The second-order valence-electron chi connectivity index (χ2n) is 7.19. The average molecular weight is 419 g/mol. The summed E-state index contributed by atoms with van der Waals surface area (Å²) >= 11 is 0. The SMILES string of the molecule is Cc1cccc(COc2cc(/C=N\OCC(=O)O)cc(OCc3cccc(C)c3)c2)c1. The van der Waals surface area contributed by atoms with Crippen molar-refractivity contribution in [3.63, 3.8) is 0 Å². The molecule has 0 heterocycles. The fraction of sp³-hybridized carbons (Fsp3) is 0.200. The van der Waals surface area contributed by atoms with E-state index >= 15 is 0 Å². The first-order chi connectivity index (χ1) is 15.0. The number of oxime groups is 1. The lowest BCUT2D eigenvalue weighted by atomic mass is 10.1. The molecule has 0 aromatic heterocycles. The smallest absolute Gasteiger partial charge is 0.344 e. The second-order valence-corrected chi connectivity index (χ2v) is 7.19. The van der Waals surface area contributed by atoms with Crippen molar-refractivity contribution in [1.82, 2.24) is 0 Å². The lowest BCUT2D eigenvalue weighted by molar-refractivity contribution is -0.142. The zero-order valence-electron chi connectivity index (χ0n) is 17.6. The van der Waals surface area contributed by atoms with Gasteiger partial charge in [-0.3, -0.25) is 0 Å². The number of rotatable bonds is 10. The number of carboxylic acids is 1. The summed E-state index contributed by atoms with van der Waals surface area (Å²) < 4.78 is 11.9. The van der Waals surface area contributed by atoms with E-state index in [0.717, 1.165) is 11.1 Å². The summed E-state index contributed by atoms with van der Waals surface area (Å²) in [5, 5.41) is 12.4. The third-order valence-electron chi connectivity index (χ3n) is 4.34. The molecule has 3 aromatic rings. The Morgan fingerprint density at radius 1 is 0.871 bits per heavy atom. The molecule has 160 valence electrons. The zero-order chi connectivity index (χ0) is 22.1. The Bertz CT molecular complexity index is 994. The molecule has 0 fully saturated rings. The number of hydrogen-bond donors (Lipinski definition) is 1. The summed E-state index contributed by atoms with van der Waals surface area (Å²) in [5.74, 6) is 0.139. The van der Waals surface area contributed by atoms with Gasteiger partial charge in [0.2, 0.25) is 6.61 Å². The predicted octanol–water partition coefficient (Wildman–Crippen LogP) is 4.90. The fourth-order valence-corrected chi connectivity index (χ4v) is 2.96. The molecule has 31 heavy (non-hydrogen) atoms. The molecule has 0 spiro atoms. The monoisotopic (exact) mass is 419 g/mol. The number of hydrogen-bond acceptors (Lipinski definition) is 5. The summed E-state index contributed by atoms with van der Waals surface area (Å²) in [4.78, 5) is 15.3. The largest absolute Gasteiger partial charge is 0.489 e. The van der Waals surface area contributed by atoms with Gasteiger partial charge in [-0.25, -0.2) is 4.79 Å². The number of aryl methyl sites for hydroxylation is 2. The first-order valence-electron chi connectivity index (χ1n) is 9.87. The van der Waals surface area contributed by atoms with Crippen molar-refractivity contribution in [2.75, 3.05) is 6.61 Å². The molecule has 0 atom stereocenters. The van der Waals surface area contributed by atoms with Crippen molar-refractivity contribution < 1.29 is 24.2 Å². The average Bonchev–Trinajstić information content (AvgIpc) is 2.74. The van der Waals surface area contributed by atoms with Gasteiger partial charge in [-0.05, 0) is 37.1 Å². The molecule has 0 bridgehead atoms. The molecule has 0 amide bonds. The maximum Gasteiger partial charge on any atom is 0.344 e. The van der Waals surface area contributed by atoms with Crippen LogP contribution in [0.2, 0.25) is 0 Å². The maximum atomic E-state index is 10.6. The minimum atomic E-state index is -1.09. The van der Waals surface area contributed by atoms with Crippen LogP contribution in [0.25, 0.3) is 0 Å². The van der Waals surface area contributed by atoms with E-state index in [2.05, 4.69) is 17.3 Å². The zero-order valence-corrected chi connectivity index (χ0v) is 17.6. The highest BCUT2D eigenvalue weighted by atomic mass is 16.6. The number of nitrogens with zero attached hydrogens (tertiary/aromatic N) is 1. The highest BCUT2D eigenvalue weighted by Gasteiger charge is 2.05. The van der Waals surface area contributed by atoms with Crippen LogP contribution >= 0.6 is 0 Å². The summed E-state index contributed by atoms with van der Waals surface area (Å²) in [6.45, 7) is 4.39. The van der Waals surface area contributed by atoms with E-state index in [1.54, 1.807) is 12.1 Å². The van der Waals surface area contributed by atoms with E-state index in [4.69, 9.17) is 19.4 Å². The first-order valence-corrected chi connectivity index (χ1v) is 9.87. The Balaban J connectivity index is 1.74. The standard InChI is InChI=1S/C25H25NO5/c1-18-5-3-7-20(9-18)15-29-23-11-22(14-26-31-17-25(27)28)12-24(13-23)30-16-21-8-4-6-19(2)10-21/h3-14H,15-17H2,1-2H3,(H,27,28)/b26-14-. The highest BCUT2D eigenvalue weighted by molar-refractivity contribution is 5.80. The highest BCUT2D eigenvalue weighted by Crippen LogP contribution is 2.24. The number of aliphatic carboxylic acids is 1. The molecular formula is C25H25NO5. The lowest BCUT2D eigenvalue weighted by Gasteiger charge is -2.12. The van der Waals surface area contributed by atoms with Gasteiger partial charge in [0, 0.05) is 11.6 Å². The van der Waals surface area contributed by atoms with Crippen LogP contribution in [0.15, 0.2) is 71.9 Å². The van der Waals surface area contributed by atoms with Crippen LogP contribution in [-0.2, 0) is 22.8 Å². The van der Waals surface area contributed by atoms with Crippen molar-refractivity contribution in [1.29, 1.82) is 0 Å². The third-order valence-corrected chi connectivity index (χ3v) is 4.34. The topological polar surface area (TPSA) is 77.4 Å². The molecular weight excluding hydrogens is 394 g/mol. The van der Waals surface area contributed by atoms with Gasteiger partial charge in [-0.1, -0.05) is 64.8 Å². The molecule has 0 radical (unpaired) electrons. The minimum Gasteiger partial charge on any atom is -0.489 e. The van der Waals surface area contributed by atoms with E-state index in [-0.39, 0.29) is 0 Å². The normalized spacial score (nSPS) is 10.8. The number of benzene rings is 3. The Morgan fingerprint density at radius 3 is 1.90 bits per heavy atom. The number of ether oxygens (including phenoxy) is 2. The van der Waals surface area contributed by atoms with Gasteiger partial charge in [0.1, 0.15) is 24.7 Å². The molecule has 6 nitrogen and oxygen atoms in total. The van der Waals surface area contributed by atoms with E-state index in [1.165, 1.54) is 17.3 Å². The van der Waals surface area contributed by atoms with Crippen LogP contribution in [0.1, 0.15) is 27.8 Å². The Kier molecular flexibility index (Phi) is 7.65. The Morgan fingerprint density at radius 2 is 1.42 bits per heavy atom. The summed E-state index contributed by atoms with van der Waals surface area (Å²) in [5.41, 5.74) is 5.13. The molecule has 3 aromatic carbocycles. The van der Waals surface area contributed by atoms with Crippen LogP contribution in [0.4, 0.5) is 0 Å². The summed E-state index contributed by atoms with van der Waals surface area (Å²) in [6.07, 6.45) is 1.43. The van der Waals surface area contributed by atoms with Gasteiger partial charge in [-0.2, -0.15) is 0 Å². The van der Waals surface area contributed by atoms with Crippen molar-refractivity contribution in [3.8, 4) is 11.5 Å². The van der Waals surface area contributed by atoms with Gasteiger partial charge in [0.15, 0.2) is 0 Å².